The van der Waals surface area contributed by atoms with Crippen molar-refractivity contribution in [3.05, 3.63) is 53.7 Å². The summed E-state index contributed by atoms with van der Waals surface area (Å²) in [5.41, 5.74) is 5.37. The van der Waals surface area contributed by atoms with Crippen molar-refractivity contribution in [2.24, 2.45) is 17.8 Å². The zero-order chi connectivity index (χ0) is 22.3. The van der Waals surface area contributed by atoms with E-state index in [1.165, 1.54) is 93.7 Å². The van der Waals surface area contributed by atoms with E-state index in [1.807, 2.05) is 0 Å². The Morgan fingerprint density at radius 2 is 1.47 bits per heavy atom. The average Bonchev–Trinajstić information content (AvgIpc) is 2.85. The molecule has 2 aromatic rings. The lowest BCUT2D eigenvalue weighted by Crippen LogP contribution is -2.21. The Balaban J connectivity index is 1.33. The fourth-order valence-corrected chi connectivity index (χ4v) is 6.58. The normalized spacial score (nSPS) is 28.5. The maximum atomic E-state index is 4.88. The van der Waals surface area contributed by atoms with Crippen LogP contribution in [0.15, 0.2) is 42.6 Å². The maximum absolute atomic E-state index is 4.88. The minimum Gasteiger partial charge on any atom is -0.256 e. The number of pyridine rings is 1. The Morgan fingerprint density at radius 3 is 2.09 bits per heavy atom. The second-order valence-corrected chi connectivity index (χ2v) is 11.0. The molecule has 1 nitrogen and oxygen atoms in total. The van der Waals surface area contributed by atoms with Gasteiger partial charge in [0.15, 0.2) is 0 Å². The fraction of sp³-hybridized carbons (Fsp3) is 0.645. The molecule has 2 aliphatic carbocycles. The third-order valence-corrected chi connectivity index (χ3v) is 8.75. The molecule has 0 aliphatic heterocycles. The molecule has 0 radical (unpaired) electrons. The molecule has 1 heterocycles. The second-order valence-electron chi connectivity index (χ2n) is 11.0. The smallest absolute Gasteiger partial charge is 0.0702 e. The Morgan fingerprint density at radius 1 is 0.750 bits per heavy atom. The van der Waals surface area contributed by atoms with Crippen LogP contribution < -0.4 is 0 Å². The molecule has 2 aliphatic rings. The van der Waals surface area contributed by atoms with Crippen molar-refractivity contribution < 1.29 is 0 Å². The standard InChI is InChI=1S/C31H45N/c1-4-6-8-24-9-11-27(12-10-24)30-19-20-31(32-22-30)28-16-14-26(15-17-28)29-18-13-25(7-5-2)23(3)21-29/h14-17,19-20,22-25,27,29H,4-13,18,21H2,1-3H3/t23-,24?,25-,27?,29+/m1/s1. The van der Waals surface area contributed by atoms with Crippen molar-refractivity contribution in [2.75, 3.05) is 0 Å². The summed E-state index contributed by atoms with van der Waals surface area (Å²) in [6, 6.07) is 14.0. The van der Waals surface area contributed by atoms with E-state index in [0.29, 0.717) is 0 Å². The lowest BCUT2D eigenvalue weighted by atomic mass is 9.71. The van der Waals surface area contributed by atoms with Crippen molar-refractivity contribution in [3.63, 3.8) is 0 Å². The second kappa shape index (κ2) is 11.5. The van der Waals surface area contributed by atoms with Crippen molar-refractivity contribution in [2.45, 2.75) is 110 Å². The number of rotatable bonds is 8. The Labute approximate surface area is 197 Å². The number of unbranched alkanes of at least 4 members (excludes halogenated alkanes) is 1. The zero-order valence-corrected chi connectivity index (χ0v) is 20.9. The molecule has 3 atom stereocenters. The highest BCUT2D eigenvalue weighted by Crippen LogP contribution is 2.42. The molecule has 4 rings (SSSR count). The van der Waals surface area contributed by atoms with Crippen LogP contribution in [0.1, 0.15) is 121 Å². The summed E-state index contributed by atoms with van der Waals surface area (Å²) in [7, 11) is 0. The highest BCUT2D eigenvalue weighted by Gasteiger charge is 2.27. The van der Waals surface area contributed by atoms with Crippen LogP contribution in [0.3, 0.4) is 0 Å². The van der Waals surface area contributed by atoms with Gasteiger partial charge in [-0.15, -0.1) is 0 Å². The first-order valence-electron chi connectivity index (χ1n) is 13.7. The number of hydrogen-bond donors (Lipinski definition) is 0. The lowest BCUT2D eigenvalue weighted by molar-refractivity contribution is 0.218. The first-order valence-corrected chi connectivity index (χ1v) is 13.7. The predicted octanol–water partition coefficient (Wildman–Crippen LogP) is 9.53. The summed E-state index contributed by atoms with van der Waals surface area (Å²) in [5.74, 6) is 4.26. The SMILES string of the molecule is CCCCC1CCC(c2ccc(-c3ccc([C@H]4CC[C@@H](CCC)[C@H](C)C4)cc3)nc2)CC1. The van der Waals surface area contributed by atoms with Crippen molar-refractivity contribution in [1.29, 1.82) is 0 Å². The molecule has 0 unspecified atom stereocenters. The van der Waals surface area contributed by atoms with Crippen LogP contribution in [-0.2, 0) is 0 Å². The van der Waals surface area contributed by atoms with Gasteiger partial charge in [0.1, 0.15) is 0 Å². The van der Waals surface area contributed by atoms with Gasteiger partial charge in [-0.1, -0.05) is 83.2 Å². The zero-order valence-electron chi connectivity index (χ0n) is 20.9. The largest absolute Gasteiger partial charge is 0.256 e. The van der Waals surface area contributed by atoms with Crippen molar-refractivity contribution in [1.82, 2.24) is 4.98 Å². The predicted molar refractivity (Wildman–Crippen MR) is 138 cm³/mol. The number of benzene rings is 1. The molecule has 2 saturated carbocycles. The monoisotopic (exact) mass is 431 g/mol. The van der Waals surface area contributed by atoms with Crippen molar-refractivity contribution in [3.8, 4) is 11.3 Å². The third-order valence-electron chi connectivity index (χ3n) is 8.75. The minimum absolute atomic E-state index is 0.724. The van der Waals surface area contributed by atoms with Gasteiger partial charge < -0.3 is 0 Å². The summed E-state index contributed by atoms with van der Waals surface area (Å²) >= 11 is 0. The highest BCUT2D eigenvalue weighted by atomic mass is 14.7. The number of nitrogens with zero attached hydrogens (tertiary/aromatic N) is 1. The summed E-state index contributed by atoms with van der Waals surface area (Å²) in [6.45, 7) is 7.12. The summed E-state index contributed by atoms with van der Waals surface area (Å²) in [4.78, 5) is 4.88. The number of hydrogen-bond acceptors (Lipinski definition) is 1. The van der Waals surface area contributed by atoms with Gasteiger partial charge in [0.05, 0.1) is 5.69 Å². The summed E-state index contributed by atoms with van der Waals surface area (Å²) < 4.78 is 0. The minimum atomic E-state index is 0.724. The van der Waals surface area contributed by atoms with E-state index >= 15 is 0 Å². The van der Waals surface area contributed by atoms with E-state index in [-0.39, 0.29) is 0 Å². The van der Waals surface area contributed by atoms with Crippen LogP contribution in [0.2, 0.25) is 0 Å². The molecule has 0 amide bonds. The average molecular weight is 432 g/mol. The molecular weight excluding hydrogens is 386 g/mol. The van der Waals surface area contributed by atoms with Gasteiger partial charge in [-0.25, -0.2) is 0 Å². The van der Waals surface area contributed by atoms with Gasteiger partial charge in [0, 0.05) is 11.8 Å². The van der Waals surface area contributed by atoms with Crippen LogP contribution in [0.4, 0.5) is 0 Å². The molecule has 0 spiro atoms. The molecule has 1 aromatic heterocycles. The molecule has 0 N–H and O–H groups in total. The Hall–Kier alpha value is -1.63. The summed E-state index contributed by atoms with van der Waals surface area (Å²) in [6.07, 6.45) is 18.7. The van der Waals surface area contributed by atoms with E-state index < -0.39 is 0 Å². The third kappa shape index (κ3) is 5.83. The summed E-state index contributed by atoms with van der Waals surface area (Å²) in [5, 5.41) is 0. The highest BCUT2D eigenvalue weighted by molar-refractivity contribution is 5.59. The van der Waals surface area contributed by atoms with Gasteiger partial charge in [-0.2, -0.15) is 0 Å². The topological polar surface area (TPSA) is 12.9 Å². The van der Waals surface area contributed by atoms with E-state index in [4.69, 9.17) is 4.98 Å². The van der Waals surface area contributed by atoms with Crippen LogP contribution >= 0.6 is 0 Å². The van der Waals surface area contributed by atoms with Crippen LogP contribution in [0.5, 0.6) is 0 Å². The molecule has 1 heteroatoms. The molecule has 174 valence electrons. The van der Waals surface area contributed by atoms with Gasteiger partial charge in [-0.05, 0) is 91.7 Å². The first kappa shape index (κ1) is 23.5. The Kier molecular flexibility index (Phi) is 8.44. The molecule has 32 heavy (non-hydrogen) atoms. The van der Waals surface area contributed by atoms with Crippen molar-refractivity contribution >= 4 is 0 Å². The lowest BCUT2D eigenvalue weighted by Gasteiger charge is -2.34. The van der Waals surface area contributed by atoms with E-state index in [2.05, 4.69) is 63.4 Å². The number of aromatic nitrogens is 1. The molecule has 2 fully saturated rings. The van der Waals surface area contributed by atoms with Crippen LogP contribution in [0, 0.1) is 17.8 Å². The van der Waals surface area contributed by atoms with Crippen LogP contribution in [0.25, 0.3) is 11.3 Å². The van der Waals surface area contributed by atoms with Gasteiger partial charge >= 0.3 is 0 Å². The van der Waals surface area contributed by atoms with E-state index in [0.717, 1.165) is 35.3 Å². The molecule has 0 saturated heterocycles. The quantitative estimate of drug-likeness (QED) is 0.405. The Bertz CT molecular complexity index is 797. The fourth-order valence-electron chi connectivity index (χ4n) is 6.58. The maximum Gasteiger partial charge on any atom is 0.0702 e. The molecular formula is C31H45N. The van der Waals surface area contributed by atoms with E-state index in [1.54, 1.807) is 0 Å². The van der Waals surface area contributed by atoms with E-state index in [9.17, 15) is 0 Å². The molecule has 0 bridgehead atoms. The molecule has 1 aromatic carbocycles. The van der Waals surface area contributed by atoms with Crippen LogP contribution in [-0.4, -0.2) is 4.98 Å². The van der Waals surface area contributed by atoms with Gasteiger partial charge in [-0.3, -0.25) is 4.98 Å². The van der Waals surface area contributed by atoms with Gasteiger partial charge in [0.2, 0.25) is 0 Å². The van der Waals surface area contributed by atoms with Gasteiger partial charge in [0.25, 0.3) is 0 Å². The first-order chi connectivity index (χ1) is 15.7.